The lowest BCUT2D eigenvalue weighted by Gasteiger charge is -2.16. The van der Waals surface area contributed by atoms with E-state index in [0.29, 0.717) is 6.54 Å². The highest BCUT2D eigenvalue weighted by atomic mass is 16.3. The molecule has 0 radical (unpaired) electrons. The SMILES string of the molecule is CNC(C/C=C/CN)[C@@H](C)O. The molecule has 3 heteroatoms. The van der Waals surface area contributed by atoms with Crippen LogP contribution in [0, 0.1) is 0 Å². The van der Waals surface area contributed by atoms with Crippen molar-refractivity contribution in [2.45, 2.75) is 25.5 Å². The molecular formula is C8H18N2O. The lowest BCUT2D eigenvalue weighted by atomic mass is 10.1. The Morgan fingerprint density at radius 3 is 2.55 bits per heavy atom. The zero-order valence-corrected chi connectivity index (χ0v) is 7.25. The second-order valence-corrected chi connectivity index (χ2v) is 2.58. The highest BCUT2D eigenvalue weighted by Crippen LogP contribution is 1.98. The predicted molar refractivity (Wildman–Crippen MR) is 47.3 cm³/mol. The van der Waals surface area contributed by atoms with E-state index in [1.165, 1.54) is 0 Å². The maximum absolute atomic E-state index is 9.18. The minimum Gasteiger partial charge on any atom is -0.392 e. The molecule has 0 aliphatic carbocycles. The molecule has 11 heavy (non-hydrogen) atoms. The molecule has 0 spiro atoms. The van der Waals surface area contributed by atoms with Gasteiger partial charge in [-0.25, -0.2) is 0 Å². The normalized spacial score (nSPS) is 17.1. The fourth-order valence-electron chi connectivity index (χ4n) is 0.895. The van der Waals surface area contributed by atoms with E-state index in [4.69, 9.17) is 5.73 Å². The zero-order valence-electron chi connectivity index (χ0n) is 7.25. The van der Waals surface area contributed by atoms with Crippen molar-refractivity contribution in [1.82, 2.24) is 5.32 Å². The van der Waals surface area contributed by atoms with Crippen molar-refractivity contribution in [1.29, 1.82) is 0 Å². The summed E-state index contributed by atoms with van der Waals surface area (Å²) in [4.78, 5) is 0. The number of nitrogens with one attached hydrogen (secondary N) is 1. The van der Waals surface area contributed by atoms with Crippen LogP contribution in [-0.2, 0) is 0 Å². The fraction of sp³-hybridized carbons (Fsp3) is 0.750. The van der Waals surface area contributed by atoms with Crippen molar-refractivity contribution >= 4 is 0 Å². The van der Waals surface area contributed by atoms with E-state index < -0.39 is 0 Å². The summed E-state index contributed by atoms with van der Waals surface area (Å²) >= 11 is 0. The summed E-state index contributed by atoms with van der Waals surface area (Å²) in [6, 6.07) is 0.137. The molecule has 0 saturated carbocycles. The number of likely N-dealkylation sites (N-methyl/N-ethyl adjacent to an activating group) is 1. The van der Waals surface area contributed by atoms with Gasteiger partial charge in [0, 0.05) is 12.6 Å². The van der Waals surface area contributed by atoms with Crippen molar-refractivity contribution < 1.29 is 5.11 Å². The molecule has 0 aromatic carbocycles. The number of hydrogen-bond acceptors (Lipinski definition) is 3. The molecular weight excluding hydrogens is 140 g/mol. The van der Waals surface area contributed by atoms with Gasteiger partial charge in [0.25, 0.3) is 0 Å². The van der Waals surface area contributed by atoms with E-state index in [1.54, 1.807) is 6.92 Å². The van der Waals surface area contributed by atoms with Crippen LogP contribution in [0.4, 0.5) is 0 Å². The third kappa shape index (κ3) is 4.95. The van der Waals surface area contributed by atoms with Crippen molar-refractivity contribution in [3.8, 4) is 0 Å². The second-order valence-electron chi connectivity index (χ2n) is 2.58. The van der Waals surface area contributed by atoms with E-state index in [9.17, 15) is 5.11 Å². The quantitative estimate of drug-likeness (QED) is 0.488. The van der Waals surface area contributed by atoms with Gasteiger partial charge < -0.3 is 16.2 Å². The lowest BCUT2D eigenvalue weighted by Crippen LogP contribution is -2.35. The Labute approximate surface area is 68.3 Å². The first-order chi connectivity index (χ1) is 5.22. The minimum absolute atomic E-state index is 0.137. The van der Waals surface area contributed by atoms with Crippen LogP contribution in [0.3, 0.4) is 0 Å². The predicted octanol–water partition coefficient (Wildman–Crippen LogP) is -0.140. The van der Waals surface area contributed by atoms with Crippen LogP contribution in [0.2, 0.25) is 0 Å². The Morgan fingerprint density at radius 1 is 1.55 bits per heavy atom. The summed E-state index contributed by atoms with van der Waals surface area (Å²) < 4.78 is 0. The molecule has 0 aromatic heterocycles. The molecule has 4 N–H and O–H groups in total. The molecule has 0 rings (SSSR count). The Bertz CT molecular complexity index is 113. The number of nitrogens with two attached hydrogens (primary N) is 1. The summed E-state index contributed by atoms with van der Waals surface area (Å²) in [6.07, 6.45) is 4.38. The van der Waals surface area contributed by atoms with Gasteiger partial charge >= 0.3 is 0 Å². The van der Waals surface area contributed by atoms with Crippen molar-refractivity contribution in [2.75, 3.05) is 13.6 Å². The first kappa shape index (κ1) is 10.6. The van der Waals surface area contributed by atoms with Crippen molar-refractivity contribution in [3.63, 3.8) is 0 Å². The molecule has 1 unspecified atom stereocenters. The maximum Gasteiger partial charge on any atom is 0.0668 e. The van der Waals surface area contributed by atoms with Crippen molar-refractivity contribution in [3.05, 3.63) is 12.2 Å². The van der Waals surface area contributed by atoms with E-state index in [0.717, 1.165) is 6.42 Å². The average Bonchev–Trinajstić information content (AvgIpc) is 1.97. The topological polar surface area (TPSA) is 58.3 Å². The zero-order chi connectivity index (χ0) is 8.69. The molecule has 0 heterocycles. The minimum atomic E-state index is -0.317. The van der Waals surface area contributed by atoms with Crippen LogP contribution in [0.1, 0.15) is 13.3 Å². The summed E-state index contributed by atoms with van der Waals surface area (Å²) in [5.74, 6) is 0. The molecule has 0 bridgehead atoms. The number of aliphatic hydroxyl groups is 1. The van der Waals surface area contributed by atoms with Crippen LogP contribution in [0.15, 0.2) is 12.2 Å². The van der Waals surface area contributed by atoms with E-state index in [2.05, 4.69) is 5.32 Å². The van der Waals surface area contributed by atoms with Crippen LogP contribution in [0.25, 0.3) is 0 Å². The Balaban J connectivity index is 3.60. The lowest BCUT2D eigenvalue weighted by molar-refractivity contribution is 0.150. The molecule has 0 amide bonds. The monoisotopic (exact) mass is 158 g/mol. The van der Waals surface area contributed by atoms with Gasteiger partial charge in [-0.05, 0) is 20.4 Å². The van der Waals surface area contributed by atoms with Crippen LogP contribution in [0.5, 0.6) is 0 Å². The summed E-state index contributed by atoms with van der Waals surface area (Å²) in [5, 5.41) is 12.2. The van der Waals surface area contributed by atoms with Gasteiger partial charge in [-0.15, -0.1) is 0 Å². The number of aliphatic hydroxyl groups excluding tert-OH is 1. The number of rotatable bonds is 5. The van der Waals surface area contributed by atoms with E-state index in [1.807, 2.05) is 19.2 Å². The fourth-order valence-corrected chi connectivity index (χ4v) is 0.895. The Kier molecular flexibility index (Phi) is 6.12. The number of hydrogen-bond donors (Lipinski definition) is 3. The molecule has 0 aromatic rings. The van der Waals surface area contributed by atoms with Crippen LogP contribution in [-0.4, -0.2) is 30.8 Å². The third-order valence-corrected chi connectivity index (χ3v) is 1.65. The Hall–Kier alpha value is -0.380. The van der Waals surface area contributed by atoms with Gasteiger partial charge in [0.15, 0.2) is 0 Å². The van der Waals surface area contributed by atoms with Gasteiger partial charge in [-0.1, -0.05) is 12.2 Å². The van der Waals surface area contributed by atoms with Gasteiger partial charge in [0.1, 0.15) is 0 Å². The molecule has 2 atom stereocenters. The third-order valence-electron chi connectivity index (χ3n) is 1.65. The van der Waals surface area contributed by atoms with E-state index in [-0.39, 0.29) is 12.1 Å². The first-order valence-electron chi connectivity index (χ1n) is 3.92. The molecule has 0 aliphatic heterocycles. The van der Waals surface area contributed by atoms with Crippen LogP contribution < -0.4 is 11.1 Å². The van der Waals surface area contributed by atoms with Gasteiger partial charge in [-0.2, -0.15) is 0 Å². The Morgan fingerprint density at radius 2 is 2.18 bits per heavy atom. The molecule has 0 aliphatic rings. The molecule has 0 saturated heterocycles. The highest BCUT2D eigenvalue weighted by Gasteiger charge is 2.08. The van der Waals surface area contributed by atoms with Crippen molar-refractivity contribution in [2.24, 2.45) is 5.73 Å². The molecule has 3 nitrogen and oxygen atoms in total. The smallest absolute Gasteiger partial charge is 0.0668 e. The van der Waals surface area contributed by atoms with Gasteiger partial charge in [0.2, 0.25) is 0 Å². The molecule has 0 fully saturated rings. The standard InChI is InChI=1S/C8H18N2O/c1-7(11)8(10-2)5-3-4-6-9/h3-4,7-8,10-11H,5-6,9H2,1-2H3/b4-3+/t7-,8?/m1/s1. The maximum atomic E-state index is 9.18. The largest absolute Gasteiger partial charge is 0.392 e. The second kappa shape index (κ2) is 6.34. The first-order valence-corrected chi connectivity index (χ1v) is 3.92. The van der Waals surface area contributed by atoms with Gasteiger partial charge in [-0.3, -0.25) is 0 Å². The van der Waals surface area contributed by atoms with Gasteiger partial charge in [0.05, 0.1) is 6.10 Å². The highest BCUT2D eigenvalue weighted by molar-refractivity contribution is 4.88. The summed E-state index contributed by atoms with van der Waals surface area (Å²) in [6.45, 7) is 2.34. The average molecular weight is 158 g/mol. The summed E-state index contributed by atoms with van der Waals surface area (Å²) in [7, 11) is 1.84. The van der Waals surface area contributed by atoms with Crippen LogP contribution >= 0.6 is 0 Å². The molecule has 66 valence electrons. The van der Waals surface area contributed by atoms with E-state index >= 15 is 0 Å². The summed E-state index contributed by atoms with van der Waals surface area (Å²) in [5.41, 5.74) is 5.26.